The van der Waals surface area contributed by atoms with Gasteiger partial charge >= 0.3 is 11.9 Å². The normalized spacial score (nSPS) is 13.3. The summed E-state index contributed by atoms with van der Waals surface area (Å²) in [6, 6.07) is -1.40. The van der Waals surface area contributed by atoms with Crippen molar-refractivity contribution in [3.63, 3.8) is 0 Å². The lowest BCUT2D eigenvalue weighted by molar-refractivity contribution is -0.148. The number of ether oxygens (including phenoxy) is 1. The number of hydrogen-bond acceptors (Lipinski definition) is 6. The molecular weight excluding hydrogens is 572 g/mol. The number of carbonyl (C=O) groups is 4. The highest BCUT2D eigenvalue weighted by Gasteiger charge is 2.19. The minimum Gasteiger partial charge on any atom is -0.480 e. The molecule has 0 aliphatic rings. The fraction of sp³-hybridized carbons (Fsp3) is 0.611. The van der Waals surface area contributed by atoms with Crippen molar-refractivity contribution in [1.82, 2.24) is 10.6 Å². The van der Waals surface area contributed by atoms with E-state index in [1.807, 2.05) is 12.2 Å². The van der Waals surface area contributed by atoms with Crippen LogP contribution < -0.4 is 10.6 Å². The molecule has 0 fully saturated rings. The number of aliphatic hydroxyl groups is 1. The molecule has 0 bridgehead atoms. The number of esters is 1. The van der Waals surface area contributed by atoms with Crippen LogP contribution in [0.1, 0.15) is 117 Å². The summed E-state index contributed by atoms with van der Waals surface area (Å²) in [6.07, 6.45) is 34.3. The maximum Gasteiger partial charge on any atom is 0.328 e. The molecule has 0 aromatic rings. The Kier molecular flexibility index (Phi) is 28.2. The standard InChI is InChI=1S/C36H58N2O7/c1-3-5-7-9-10-11-12-13-14-15-16-17-18-19-24-28-35(42)45-31(25-21-8-6-4-2)26-22-20-23-27-33(40)37-29-34(41)38-32(30-39)36(43)44/h5,7,10-11,13-14,16-17,19,24,31-32,39H,3-4,6,8-9,12,15,18,20-23,25-30H2,1-2H3,(H,37,40)(H,38,41)(H,43,44)/b7-5-,11-10-,14-13-,17-16-,24-19-. The van der Waals surface area contributed by atoms with Gasteiger partial charge in [-0.2, -0.15) is 0 Å². The van der Waals surface area contributed by atoms with Gasteiger partial charge < -0.3 is 25.6 Å². The molecule has 4 N–H and O–H groups in total. The van der Waals surface area contributed by atoms with Crippen molar-refractivity contribution in [2.75, 3.05) is 13.2 Å². The monoisotopic (exact) mass is 630 g/mol. The number of amides is 2. The predicted octanol–water partition coefficient (Wildman–Crippen LogP) is 6.64. The molecule has 9 nitrogen and oxygen atoms in total. The van der Waals surface area contributed by atoms with Gasteiger partial charge in [-0.1, -0.05) is 100 Å². The molecule has 0 aromatic carbocycles. The van der Waals surface area contributed by atoms with Crippen LogP contribution in [0.25, 0.3) is 0 Å². The van der Waals surface area contributed by atoms with Crippen LogP contribution in [0, 0.1) is 0 Å². The van der Waals surface area contributed by atoms with Crippen LogP contribution in [0.3, 0.4) is 0 Å². The lowest BCUT2D eigenvalue weighted by atomic mass is 10.0. The van der Waals surface area contributed by atoms with Crippen LogP contribution in [0.4, 0.5) is 0 Å². The Bertz CT molecular complexity index is 953. The molecule has 2 unspecified atom stereocenters. The molecule has 0 aliphatic heterocycles. The van der Waals surface area contributed by atoms with Crippen LogP contribution in [-0.4, -0.2) is 59.3 Å². The van der Waals surface area contributed by atoms with E-state index < -0.39 is 24.5 Å². The topological polar surface area (TPSA) is 142 Å². The maximum atomic E-state index is 12.5. The van der Waals surface area contributed by atoms with Crippen LogP contribution in [0.15, 0.2) is 60.8 Å². The van der Waals surface area contributed by atoms with Crippen molar-refractivity contribution in [1.29, 1.82) is 0 Å². The Morgan fingerprint density at radius 3 is 1.73 bits per heavy atom. The lowest BCUT2D eigenvalue weighted by Gasteiger charge is -2.17. The van der Waals surface area contributed by atoms with Crippen molar-refractivity contribution < 1.29 is 34.1 Å². The van der Waals surface area contributed by atoms with Gasteiger partial charge in [0.05, 0.1) is 19.6 Å². The molecule has 0 heterocycles. The Hall–Kier alpha value is -3.46. The third-order valence-corrected chi connectivity index (χ3v) is 6.81. The number of hydrogen-bond donors (Lipinski definition) is 4. The Labute approximate surface area is 271 Å². The highest BCUT2D eigenvalue weighted by molar-refractivity contribution is 5.87. The first-order valence-electron chi connectivity index (χ1n) is 16.7. The van der Waals surface area contributed by atoms with Gasteiger partial charge in [-0.15, -0.1) is 0 Å². The molecule has 45 heavy (non-hydrogen) atoms. The van der Waals surface area contributed by atoms with Crippen LogP contribution in [-0.2, 0) is 23.9 Å². The zero-order valence-electron chi connectivity index (χ0n) is 27.6. The first-order valence-corrected chi connectivity index (χ1v) is 16.7. The van der Waals surface area contributed by atoms with E-state index in [-0.39, 0.29) is 37.4 Å². The number of nitrogens with one attached hydrogen (secondary N) is 2. The minimum atomic E-state index is -1.40. The van der Waals surface area contributed by atoms with Gasteiger partial charge in [0, 0.05) is 6.42 Å². The number of carboxylic acids is 1. The first-order chi connectivity index (χ1) is 21.8. The number of rotatable bonds is 28. The van der Waals surface area contributed by atoms with Crippen molar-refractivity contribution in [3.8, 4) is 0 Å². The zero-order valence-corrected chi connectivity index (χ0v) is 27.6. The molecule has 0 spiro atoms. The lowest BCUT2D eigenvalue weighted by Crippen LogP contribution is -2.47. The van der Waals surface area contributed by atoms with E-state index in [0.29, 0.717) is 6.42 Å². The SMILES string of the molecule is CC/C=C\C/C=C\C/C=C\C/C=C\C/C=C\CC(=O)OC(CCCCCC)CCCCCC(=O)NCC(=O)NC(CO)C(=O)O. The number of allylic oxidation sites excluding steroid dienone is 9. The summed E-state index contributed by atoms with van der Waals surface area (Å²) in [6.45, 7) is 3.21. The van der Waals surface area contributed by atoms with Gasteiger partial charge in [0.1, 0.15) is 12.1 Å². The highest BCUT2D eigenvalue weighted by Crippen LogP contribution is 2.16. The molecule has 0 radical (unpaired) electrons. The number of aliphatic hydroxyl groups excluding tert-OH is 1. The first kappa shape index (κ1) is 41.5. The van der Waals surface area contributed by atoms with E-state index in [1.54, 1.807) is 0 Å². The van der Waals surface area contributed by atoms with Crippen molar-refractivity contribution in [3.05, 3.63) is 60.8 Å². The summed E-state index contributed by atoms with van der Waals surface area (Å²) in [4.78, 5) is 47.1. The molecule has 0 aliphatic carbocycles. The zero-order chi connectivity index (χ0) is 33.4. The second-order valence-corrected chi connectivity index (χ2v) is 10.9. The van der Waals surface area contributed by atoms with E-state index in [2.05, 4.69) is 73.1 Å². The van der Waals surface area contributed by atoms with E-state index in [4.69, 9.17) is 14.9 Å². The second-order valence-electron chi connectivity index (χ2n) is 10.9. The summed E-state index contributed by atoms with van der Waals surface area (Å²) < 4.78 is 5.79. The molecule has 9 heteroatoms. The van der Waals surface area contributed by atoms with Gasteiger partial charge in [-0.05, 0) is 64.2 Å². The summed E-state index contributed by atoms with van der Waals surface area (Å²) in [7, 11) is 0. The molecule has 254 valence electrons. The van der Waals surface area contributed by atoms with Crippen LogP contribution in [0.5, 0.6) is 0 Å². The molecule has 0 saturated heterocycles. The van der Waals surface area contributed by atoms with E-state index in [0.717, 1.165) is 83.5 Å². The van der Waals surface area contributed by atoms with Crippen molar-refractivity contribution >= 4 is 23.8 Å². The Balaban J connectivity index is 4.29. The molecule has 0 aromatic heterocycles. The molecule has 0 rings (SSSR count). The second kappa shape index (κ2) is 30.6. The van der Waals surface area contributed by atoms with E-state index in [1.165, 1.54) is 0 Å². The van der Waals surface area contributed by atoms with Crippen LogP contribution in [0.2, 0.25) is 0 Å². The van der Waals surface area contributed by atoms with Gasteiger partial charge in [-0.25, -0.2) is 4.79 Å². The maximum absolute atomic E-state index is 12.5. The average molecular weight is 631 g/mol. The highest BCUT2D eigenvalue weighted by atomic mass is 16.5. The largest absolute Gasteiger partial charge is 0.480 e. The summed E-state index contributed by atoms with van der Waals surface area (Å²) >= 11 is 0. The van der Waals surface area contributed by atoms with Gasteiger partial charge in [0.25, 0.3) is 0 Å². The fourth-order valence-corrected chi connectivity index (χ4v) is 4.26. The van der Waals surface area contributed by atoms with Crippen molar-refractivity contribution in [2.45, 2.75) is 129 Å². The molecule has 0 saturated carbocycles. The van der Waals surface area contributed by atoms with Crippen LogP contribution >= 0.6 is 0 Å². The quantitative estimate of drug-likeness (QED) is 0.0431. The fourth-order valence-electron chi connectivity index (χ4n) is 4.26. The predicted molar refractivity (Wildman–Crippen MR) is 180 cm³/mol. The average Bonchev–Trinajstić information content (AvgIpc) is 3.02. The van der Waals surface area contributed by atoms with E-state index in [9.17, 15) is 19.2 Å². The molecular formula is C36H58N2O7. The molecule has 2 amide bonds. The van der Waals surface area contributed by atoms with Crippen molar-refractivity contribution in [2.24, 2.45) is 0 Å². The smallest absolute Gasteiger partial charge is 0.328 e. The minimum absolute atomic E-state index is 0.136. The summed E-state index contributed by atoms with van der Waals surface area (Å²) in [5.74, 6) is -2.55. The van der Waals surface area contributed by atoms with Gasteiger partial charge in [0.2, 0.25) is 11.8 Å². The number of carboxylic acid groups (broad SMARTS) is 1. The number of aliphatic carboxylic acids is 1. The van der Waals surface area contributed by atoms with Gasteiger partial charge in [-0.3, -0.25) is 14.4 Å². The van der Waals surface area contributed by atoms with E-state index >= 15 is 0 Å². The third kappa shape index (κ3) is 27.8. The summed E-state index contributed by atoms with van der Waals surface area (Å²) in [5.41, 5.74) is 0. The molecule has 2 atom stereocenters. The third-order valence-electron chi connectivity index (χ3n) is 6.81. The Morgan fingerprint density at radius 2 is 1.22 bits per heavy atom. The number of carbonyl (C=O) groups excluding carboxylic acids is 3. The van der Waals surface area contributed by atoms with Gasteiger partial charge in [0.15, 0.2) is 0 Å². The summed E-state index contributed by atoms with van der Waals surface area (Å²) in [5, 5.41) is 22.4. The Morgan fingerprint density at radius 1 is 0.689 bits per heavy atom. The number of unbranched alkanes of at least 4 members (excludes halogenated alkanes) is 5.